The molecule has 2 rings (SSSR count). The van der Waals surface area contributed by atoms with Crippen LogP contribution in [0.5, 0.6) is 5.88 Å². The molecule has 0 aliphatic carbocycles. The fraction of sp³-hybridized carbons (Fsp3) is 0.500. The summed E-state index contributed by atoms with van der Waals surface area (Å²) < 4.78 is 10.4. The molecule has 18 heavy (non-hydrogen) atoms. The predicted octanol–water partition coefficient (Wildman–Crippen LogP) is 0.376. The van der Waals surface area contributed by atoms with Gasteiger partial charge in [-0.15, -0.1) is 0 Å². The standard InChI is InChI=1S/C12H16N2O4/c1-17-11-9(3-2-4-13-11)7-14-5-6-18-8-10(14)12(15)16/h2-4,10H,5-8H2,1H3,(H,15,16). The molecule has 1 atom stereocenters. The summed E-state index contributed by atoms with van der Waals surface area (Å²) >= 11 is 0. The number of aliphatic carboxylic acids is 1. The van der Waals surface area contributed by atoms with Crippen molar-refractivity contribution in [2.75, 3.05) is 26.9 Å². The number of carboxylic acid groups (broad SMARTS) is 1. The van der Waals surface area contributed by atoms with E-state index in [4.69, 9.17) is 14.6 Å². The minimum Gasteiger partial charge on any atom is -0.481 e. The minimum absolute atomic E-state index is 0.220. The van der Waals surface area contributed by atoms with E-state index >= 15 is 0 Å². The average molecular weight is 252 g/mol. The molecule has 2 heterocycles. The monoisotopic (exact) mass is 252 g/mol. The lowest BCUT2D eigenvalue weighted by Gasteiger charge is -2.32. The molecule has 1 saturated heterocycles. The molecule has 1 aliphatic heterocycles. The van der Waals surface area contributed by atoms with Crippen molar-refractivity contribution >= 4 is 5.97 Å². The maximum absolute atomic E-state index is 11.1. The molecule has 0 spiro atoms. The minimum atomic E-state index is -0.863. The molecule has 0 saturated carbocycles. The Labute approximate surface area is 105 Å². The van der Waals surface area contributed by atoms with E-state index in [1.165, 1.54) is 0 Å². The second-order valence-electron chi connectivity index (χ2n) is 4.07. The zero-order valence-electron chi connectivity index (χ0n) is 10.2. The normalized spacial score (nSPS) is 20.6. The van der Waals surface area contributed by atoms with Crippen LogP contribution >= 0.6 is 0 Å². The van der Waals surface area contributed by atoms with E-state index in [2.05, 4.69) is 4.98 Å². The first kappa shape index (κ1) is 12.8. The number of rotatable bonds is 4. The van der Waals surface area contributed by atoms with Crippen LogP contribution in [0.4, 0.5) is 0 Å². The number of hydrogen-bond acceptors (Lipinski definition) is 5. The smallest absolute Gasteiger partial charge is 0.323 e. The summed E-state index contributed by atoms with van der Waals surface area (Å²) in [5.41, 5.74) is 0.883. The van der Waals surface area contributed by atoms with Crippen molar-refractivity contribution in [2.45, 2.75) is 12.6 Å². The molecule has 1 fully saturated rings. The van der Waals surface area contributed by atoms with E-state index in [1.54, 1.807) is 13.3 Å². The van der Waals surface area contributed by atoms with Gasteiger partial charge in [-0.2, -0.15) is 0 Å². The van der Waals surface area contributed by atoms with Crippen LogP contribution in [0.15, 0.2) is 18.3 Å². The van der Waals surface area contributed by atoms with Crippen LogP contribution in [-0.4, -0.2) is 53.9 Å². The van der Waals surface area contributed by atoms with Crippen molar-refractivity contribution in [1.29, 1.82) is 0 Å². The van der Waals surface area contributed by atoms with E-state index in [9.17, 15) is 4.79 Å². The van der Waals surface area contributed by atoms with Gasteiger partial charge in [-0.3, -0.25) is 9.69 Å². The second kappa shape index (κ2) is 5.79. The van der Waals surface area contributed by atoms with Gasteiger partial charge in [-0.25, -0.2) is 4.98 Å². The lowest BCUT2D eigenvalue weighted by atomic mass is 10.2. The van der Waals surface area contributed by atoms with Crippen LogP contribution in [0.1, 0.15) is 5.56 Å². The number of aromatic nitrogens is 1. The van der Waals surface area contributed by atoms with Crippen molar-refractivity contribution in [3.63, 3.8) is 0 Å². The van der Waals surface area contributed by atoms with E-state index in [0.29, 0.717) is 25.6 Å². The molecule has 0 bridgehead atoms. The Balaban J connectivity index is 2.13. The highest BCUT2D eigenvalue weighted by Gasteiger charge is 2.29. The number of pyridine rings is 1. The third kappa shape index (κ3) is 2.77. The SMILES string of the molecule is COc1ncccc1CN1CCOCC1C(=O)O. The molecule has 1 aromatic rings. The summed E-state index contributed by atoms with van der Waals surface area (Å²) in [6, 6.07) is 3.09. The molecule has 98 valence electrons. The van der Waals surface area contributed by atoms with Gasteiger partial charge in [-0.05, 0) is 6.07 Å². The van der Waals surface area contributed by atoms with Gasteiger partial charge in [0.05, 0.1) is 20.3 Å². The number of carboxylic acids is 1. The van der Waals surface area contributed by atoms with Gasteiger partial charge in [-0.1, -0.05) is 6.07 Å². The number of ether oxygens (including phenoxy) is 2. The summed E-state index contributed by atoms with van der Waals surface area (Å²) in [6.07, 6.45) is 1.65. The Morgan fingerprint density at radius 1 is 1.72 bits per heavy atom. The molecule has 1 N–H and O–H groups in total. The third-order valence-corrected chi connectivity index (χ3v) is 2.94. The molecule has 6 heteroatoms. The van der Waals surface area contributed by atoms with Crippen LogP contribution in [0.3, 0.4) is 0 Å². The van der Waals surface area contributed by atoms with Crippen LogP contribution in [0.2, 0.25) is 0 Å². The lowest BCUT2D eigenvalue weighted by Crippen LogP contribution is -2.49. The quantitative estimate of drug-likeness (QED) is 0.835. The van der Waals surface area contributed by atoms with E-state index in [0.717, 1.165) is 5.56 Å². The zero-order valence-corrected chi connectivity index (χ0v) is 10.2. The first-order valence-electron chi connectivity index (χ1n) is 5.75. The highest BCUT2D eigenvalue weighted by molar-refractivity contribution is 5.73. The highest BCUT2D eigenvalue weighted by Crippen LogP contribution is 2.19. The second-order valence-corrected chi connectivity index (χ2v) is 4.07. The Morgan fingerprint density at radius 2 is 2.56 bits per heavy atom. The largest absolute Gasteiger partial charge is 0.481 e. The van der Waals surface area contributed by atoms with Crippen molar-refractivity contribution in [3.8, 4) is 5.88 Å². The topological polar surface area (TPSA) is 71.9 Å². The fourth-order valence-electron chi connectivity index (χ4n) is 2.00. The van der Waals surface area contributed by atoms with Crippen molar-refractivity contribution in [1.82, 2.24) is 9.88 Å². The van der Waals surface area contributed by atoms with Gasteiger partial charge < -0.3 is 14.6 Å². The van der Waals surface area contributed by atoms with Gasteiger partial charge in [0.2, 0.25) is 5.88 Å². The van der Waals surface area contributed by atoms with Gasteiger partial charge in [0, 0.05) is 24.8 Å². The number of carbonyl (C=O) groups is 1. The number of hydrogen-bond donors (Lipinski definition) is 1. The Kier molecular flexibility index (Phi) is 4.11. The van der Waals surface area contributed by atoms with E-state index in [1.807, 2.05) is 17.0 Å². The summed E-state index contributed by atoms with van der Waals surface area (Å²) in [6.45, 7) is 1.86. The van der Waals surface area contributed by atoms with Gasteiger partial charge >= 0.3 is 5.97 Å². The molecule has 1 aliphatic rings. The fourth-order valence-corrected chi connectivity index (χ4v) is 2.00. The van der Waals surface area contributed by atoms with Crippen LogP contribution in [0, 0.1) is 0 Å². The molecule has 0 aromatic carbocycles. The molecule has 0 radical (unpaired) electrons. The predicted molar refractivity (Wildman–Crippen MR) is 63.4 cm³/mol. The van der Waals surface area contributed by atoms with Gasteiger partial charge in [0.15, 0.2) is 0 Å². The summed E-state index contributed by atoms with van der Waals surface area (Å²) in [4.78, 5) is 17.1. The lowest BCUT2D eigenvalue weighted by molar-refractivity contribution is -0.150. The highest BCUT2D eigenvalue weighted by atomic mass is 16.5. The molecule has 0 amide bonds. The number of morpholine rings is 1. The van der Waals surface area contributed by atoms with Crippen LogP contribution < -0.4 is 4.74 Å². The molecular weight excluding hydrogens is 236 g/mol. The van der Waals surface area contributed by atoms with Gasteiger partial charge in [0.1, 0.15) is 6.04 Å². The number of nitrogens with zero attached hydrogens (tertiary/aromatic N) is 2. The van der Waals surface area contributed by atoms with Crippen molar-refractivity contribution in [2.24, 2.45) is 0 Å². The Hall–Kier alpha value is -1.66. The summed E-state index contributed by atoms with van der Waals surface area (Å²) in [5, 5.41) is 9.14. The molecule has 6 nitrogen and oxygen atoms in total. The zero-order chi connectivity index (χ0) is 13.0. The van der Waals surface area contributed by atoms with Crippen molar-refractivity contribution in [3.05, 3.63) is 23.9 Å². The van der Waals surface area contributed by atoms with Crippen LogP contribution in [-0.2, 0) is 16.1 Å². The first-order valence-corrected chi connectivity index (χ1v) is 5.75. The Morgan fingerprint density at radius 3 is 3.28 bits per heavy atom. The van der Waals surface area contributed by atoms with E-state index < -0.39 is 12.0 Å². The average Bonchev–Trinajstić information content (AvgIpc) is 2.40. The number of methoxy groups -OCH3 is 1. The summed E-state index contributed by atoms with van der Waals surface area (Å²) in [7, 11) is 1.56. The van der Waals surface area contributed by atoms with Crippen LogP contribution in [0.25, 0.3) is 0 Å². The third-order valence-electron chi connectivity index (χ3n) is 2.94. The van der Waals surface area contributed by atoms with Gasteiger partial charge in [0.25, 0.3) is 0 Å². The summed E-state index contributed by atoms with van der Waals surface area (Å²) in [5.74, 6) is -0.328. The maximum atomic E-state index is 11.1. The molecular formula is C12H16N2O4. The first-order chi connectivity index (χ1) is 8.72. The maximum Gasteiger partial charge on any atom is 0.323 e. The molecule has 1 aromatic heterocycles. The van der Waals surface area contributed by atoms with Crippen molar-refractivity contribution < 1.29 is 19.4 Å². The van der Waals surface area contributed by atoms with E-state index in [-0.39, 0.29) is 6.61 Å². The Bertz CT molecular complexity index is 424. The molecule has 1 unspecified atom stereocenters.